The Hall–Kier alpha value is -1.26. The first-order valence-corrected chi connectivity index (χ1v) is 8.61. The van der Waals surface area contributed by atoms with Crippen LogP contribution in [0.3, 0.4) is 0 Å². The number of rotatable bonds is 4. The third kappa shape index (κ3) is 4.61. The van der Waals surface area contributed by atoms with Crippen molar-refractivity contribution in [1.82, 2.24) is 5.32 Å². The van der Waals surface area contributed by atoms with Crippen LogP contribution >= 0.6 is 23.2 Å². The molecule has 6 heteroatoms. The molecule has 3 atom stereocenters. The molecule has 1 aromatic carbocycles. The lowest BCUT2D eigenvalue weighted by Crippen LogP contribution is -2.46. The minimum atomic E-state index is -0.883. The van der Waals surface area contributed by atoms with Crippen LogP contribution < -0.4 is 5.32 Å². The van der Waals surface area contributed by atoms with E-state index in [9.17, 15) is 9.59 Å². The smallest absolute Gasteiger partial charge is 0.340 e. The van der Waals surface area contributed by atoms with Crippen molar-refractivity contribution in [2.24, 2.45) is 5.92 Å². The van der Waals surface area contributed by atoms with Crippen LogP contribution in [-0.2, 0) is 9.53 Å². The maximum Gasteiger partial charge on any atom is 0.340 e. The molecule has 4 nitrogen and oxygen atoms in total. The summed E-state index contributed by atoms with van der Waals surface area (Å²) in [6, 6.07) is 4.86. The molecule has 1 N–H and O–H groups in total. The van der Waals surface area contributed by atoms with E-state index in [4.69, 9.17) is 27.9 Å². The number of hydrogen-bond donors (Lipinski definition) is 1. The second-order valence-corrected chi connectivity index (χ2v) is 6.81. The van der Waals surface area contributed by atoms with E-state index < -0.39 is 12.1 Å². The van der Waals surface area contributed by atoms with Crippen molar-refractivity contribution in [2.75, 3.05) is 0 Å². The topological polar surface area (TPSA) is 55.4 Å². The molecule has 0 radical (unpaired) electrons. The number of esters is 1. The van der Waals surface area contributed by atoms with E-state index in [0.29, 0.717) is 5.92 Å². The number of halogens is 2. The zero-order valence-electron chi connectivity index (χ0n) is 13.3. The quantitative estimate of drug-likeness (QED) is 0.820. The fourth-order valence-electron chi connectivity index (χ4n) is 2.77. The molecule has 126 valence electrons. The van der Waals surface area contributed by atoms with Gasteiger partial charge in [-0.15, -0.1) is 0 Å². The number of carbonyl (C=O) groups excluding carboxylic acids is 2. The Kier molecular flexibility index (Phi) is 6.31. The molecule has 1 saturated carbocycles. The lowest BCUT2D eigenvalue weighted by Gasteiger charge is -2.30. The Bertz CT molecular complexity index is 591. The number of amides is 1. The maximum absolute atomic E-state index is 12.2. The molecule has 1 fully saturated rings. The molecular formula is C17H21Cl2NO3. The van der Waals surface area contributed by atoms with Gasteiger partial charge in [-0.1, -0.05) is 49.0 Å². The van der Waals surface area contributed by atoms with Gasteiger partial charge in [-0.05, 0) is 37.8 Å². The van der Waals surface area contributed by atoms with Crippen molar-refractivity contribution in [2.45, 2.75) is 51.7 Å². The van der Waals surface area contributed by atoms with Crippen LogP contribution in [0.15, 0.2) is 18.2 Å². The van der Waals surface area contributed by atoms with Gasteiger partial charge in [0, 0.05) is 6.04 Å². The van der Waals surface area contributed by atoms with E-state index in [0.717, 1.165) is 19.3 Å². The van der Waals surface area contributed by atoms with E-state index in [1.807, 2.05) is 0 Å². The normalized spacial score (nSPS) is 22.3. The highest BCUT2D eigenvalue weighted by Crippen LogP contribution is 2.26. The Morgan fingerprint density at radius 3 is 2.65 bits per heavy atom. The Labute approximate surface area is 146 Å². The Balaban J connectivity index is 1.95. The van der Waals surface area contributed by atoms with Gasteiger partial charge in [0.2, 0.25) is 0 Å². The van der Waals surface area contributed by atoms with Crippen LogP contribution in [0.2, 0.25) is 10.0 Å². The second-order valence-electron chi connectivity index (χ2n) is 6.03. The summed E-state index contributed by atoms with van der Waals surface area (Å²) in [5, 5.41) is 3.38. The zero-order chi connectivity index (χ0) is 17.0. The van der Waals surface area contributed by atoms with Crippen LogP contribution in [0, 0.1) is 5.92 Å². The van der Waals surface area contributed by atoms with E-state index in [1.54, 1.807) is 19.1 Å². The minimum Gasteiger partial charge on any atom is -0.449 e. The first-order valence-electron chi connectivity index (χ1n) is 7.85. The standard InChI is InChI=1S/C17H21Cl2NO3/c1-10-6-3-4-9-14(10)20-16(21)11(2)23-17(22)12-7-5-8-13(18)15(12)19/h5,7-8,10-11,14H,3-4,6,9H2,1-2H3,(H,20,21). The zero-order valence-corrected chi connectivity index (χ0v) is 14.8. The van der Waals surface area contributed by atoms with Gasteiger partial charge in [-0.25, -0.2) is 4.79 Å². The minimum absolute atomic E-state index is 0.132. The van der Waals surface area contributed by atoms with Gasteiger partial charge in [0.25, 0.3) is 5.91 Å². The molecule has 0 aromatic heterocycles. The van der Waals surface area contributed by atoms with E-state index in [2.05, 4.69) is 12.2 Å². The predicted octanol–water partition coefficient (Wildman–Crippen LogP) is 4.23. The average Bonchev–Trinajstić information content (AvgIpc) is 2.52. The van der Waals surface area contributed by atoms with Crippen molar-refractivity contribution < 1.29 is 14.3 Å². The van der Waals surface area contributed by atoms with Crippen molar-refractivity contribution in [3.63, 3.8) is 0 Å². The molecule has 1 aliphatic carbocycles. The van der Waals surface area contributed by atoms with Crippen LogP contribution in [0.25, 0.3) is 0 Å². The molecule has 2 rings (SSSR count). The van der Waals surface area contributed by atoms with E-state index >= 15 is 0 Å². The number of carbonyl (C=O) groups is 2. The average molecular weight is 358 g/mol. The highest BCUT2D eigenvalue weighted by molar-refractivity contribution is 6.43. The second kappa shape index (κ2) is 8.02. The first kappa shape index (κ1) is 18.1. The first-order chi connectivity index (χ1) is 10.9. The van der Waals surface area contributed by atoms with E-state index in [1.165, 1.54) is 12.5 Å². The monoisotopic (exact) mass is 357 g/mol. The summed E-state index contributed by atoms with van der Waals surface area (Å²) in [5.74, 6) is -0.495. The molecule has 0 spiro atoms. The fraction of sp³-hybridized carbons (Fsp3) is 0.529. The van der Waals surface area contributed by atoms with Gasteiger partial charge in [0.1, 0.15) is 0 Å². The van der Waals surface area contributed by atoms with Gasteiger partial charge < -0.3 is 10.1 Å². The number of nitrogens with one attached hydrogen (secondary N) is 1. The molecule has 3 unspecified atom stereocenters. The van der Waals surface area contributed by atoms with Crippen molar-refractivity contribution in [3.8, 4) is 0 Å². The van der Waals surface area contributed by atoms with Crippen molar-refractivity contribution >= 4 is 35.1 Å². The molecule has 0 bridgehead atoms. The molecule has 1 amide bonds. The molecule has 1 aromatic rings. The van der Waals surface area contributed by atoms with Crippen molar-refractivity contribution in [3.05, 3.63) is 33.8 Å². The molecular weight excluding hydrogens is 337 g/mol. The van der Waals surface area contributed by atoms with E-state index in [-0.39, 0.29) is 27.6 Å². The van der Waals surface area contributed by atoms with Crippen LogP contribution in [0.1, 0.15) is 49.9 Å². The van der Waals surface area contributed by atoms with Crippen LogP contribution in [-0.4, -0.2) is 24.0 Å². The third-order valence-corrected chi connectivity index (χ3v) is 5.08. The molecule has 0 heterocycles. The molecule has 23 heavy (non-hydrogen) atoms. The van der Waals surface area contributed by atoms with Crippen LogP contribution in [0.5, 0.6) is 0 Å². The predicted molar refractivity (Wildman–Crippen MR) is 90.9 cm³/mol. The number of benzene rings is 1. The summed E-state index contributed by atoms with van der Waals surface area (Å²) < 4.78 is 5.22. The van der Waals surface area contributed by atoms with Crippen LogP contribution in [0.4, 0.5) is 0 Å². The Morgan fingerprint density at radius 2 is 1.96 bits per heavy atom. The lowest BCUT2D eigenvalue weighted by atomic mass is 9.86. The summed E-state index contributed by atoms with van der Waals surface area (Å²) in [4.78, 5) is 24.4. The largest absolute Gasteiger partial charge is 0.449 e. The fourth-order valence-corrected chi connectivity index (χ4v) is 3.15. The number of hydrogen-bond acceptors (Lipinski definition) is 3. The van der Waals surface area contributed by atoms with Gasteiger partial charge >= 0.3 is 5.97 Å². The van der Waals surface area contributed by atoms with Gasteiger partial charge in [0.15, 0.2) is 6.10 Å². The SMILES string of the molecule is CC(OC(=O)c1cccc(Cl)c1Cl)C(=O)NC1CCCCC1C. The lowest BCUT2D eigenvalue weighted by molar-refractivity contribution is -0.130. The summed E-state index contributed by atoms with van der Waals surface area (Å²) in [5.41, 5.74) is 0.157. The summed E-state index contributed by atoms with van der Waals surface area (Å²) in [6.07, 6.45) is 3.50. The Morgan fingerprint density at radius 1 is 1.26 bits per heavy atom. The number of ether oxygens (including phenoxy) is 1. The third-order valence-electron chi connectivity index (χ3n) is 4.26. The van der Waals surface area contributed by atoms with Crippen molar-refractivity contribution in [1.29, 1.82) is 0 Å². The summed E-state index contributed by atoms with van der Waals surface area (Å²) in [7, 11) is 0. The van der Waals surface area contributed by atoms with Gasteiger partial charge in [0.05, 0.1) is 15.6 Å². The highest BCUT2D eigenvalue weighted by atomic mass is 35.5. The maximum atomic E-state index is 12.2. The summed E-state index contributed by atoms with van der Waals surface area (Å²) >= 11 is 11.9. The van der Waals surface area contributed by atoms with Gasteiger partial charge in [-0.3, -0.25) is 4.79 Å². The molecule has 1 aliphatic rings. The molecule has 0 saturated heterocycles. The molecule has 0 aliphatic heterocycles. The highest BCUT2D eigenvalue weighted by Gasteiger charge is 2.27. The van der Waals surface area contributed by atoms with Gasteiger partial charge in [-0.2, -0.15) is 0 Å². The summed E-state index contributed by atoms with van der Waals surface area (Å²) in [6.45, 7) is 3.69.